The quantitative estimate of drug-likeness (QED) is 0.571. The average molecular weight is 358 g/mol. The van der Waals surface area contributed by atoms with E-state index in [1.807, 2.05) is 0 Å². The van der Waals surface area contributed by atoms with Crippen LogP contribution in [0.25, 0.3) is 0 Å². The highest BCUT2D eigenvalue weighted by Crippen LogP contribution is 2.22. The van der Waals surface area contributed by atoms with Crippen molar-refractivity contribution in [1.29, 1.82) is 0 Å². The van der Waals surface area contributed by atoms with Gasteiger partial charge < -0.3 is 10.0 Å². The molecule has 1 aromatic rings. The number of carboxylic acids is 1. The van der Waals surface area contributed by atoms with Crippen molar-refractivity contribution in [3.63, 3.8) is 0 Å². The highest BCUT2D eigenvalue weighted by molar-refractivity contribution is 7.90. The smallest absolute Gasteiger partial charge is 0.323 e. The Morgan fingerprint density at radius 3 is 2.29 bits per heavy atom. The molecule has 0 atom stereocenters. The number of carboxylic acid groups (broad SMARTS) is 1. The first-order chi connectivity index (χ1) is 10.9. The number of rotatable bonds is 7. The maximum atomic E-state index is 12.5. The lowest BCUT2D eigenvalue weighted by atomic mass is 10.1. The van der Waals surface area contributed by atoms with Crippen molar-refractivity contribution in [3.05, 3.63) is 33.9 Å². The van der Waals surface area contributed by atoms with Crippen LogP contribution in [-0.2, 0) is 14.6 Å². The Labute approximate surface area is 139 Å². The van der Waals surface area contributed by atoms with E-state index < -0.39 is 38.9 Å². The first-order valence-electron chi connectivity index (χ1n) is 6.92. The number of non-ortho nitro benzene ring substituents is 1. The second-order valence-electron chi connectivity index (χ2n) is 5.72. The molecule has 1 rings (SSSR count). The minimum Gasteiger partial charge on any atom is -0.480 e. The fourth-order valence-electron chi connectivity index (χ4n) is 2.03. The molecule has 1 aromatic carbocycles. The van der Waals surface area contributed by atoms with E-state index in [-0.39, 0.29) is 22.9 Å². The van der Waals surface area contributed by atoms with Crippen LogP contribution in [0.1, 0.15) is 24.2 Å². The molecule has 0 unspecified atom stereocenters. The van der Waals surface area contributed by atoms with E-state index in [1.165, 1.54) is 0 Å². The topological polar surface area (TPSA) is 135 Å². The summed E-state index contributed by atoms with van der Waals surface area (Å²) in [4.78, 5) is 34.2. The van der Waals surface area contributed by atoms with Crippen molar-refractivity contribution < 1.29 is 28.0 Å². The third-order valence-electron chi connectivity index (χ3n) is 2.98. The summed E-state index contributed by atoms with van der Waals surface area (Å²) in [5, 5.41) is 19.9. The molecule has 0 fully saturated rings. The number of hydrogen-bond donors (Lipinski definition) is 1. The van der Waals surface area contributed by atoms with Gasteiger partial charge in [-0.05, 0) is 12.0 Å². The highest BCUT2D eigenvalue weighted by Gasteiger charge is 2.24. The van der Waals surface area contributed by atoms with Gasteiger partial charge in [0, 0.05) is 30.5 Å². The second kappa shape index (κ2) is 7.39. The number of hydrogen-bond acceptors (Lipinski definition) is 6. The lowest BCUT2D eigenvalue weighted by Gasteiger charge is -2.23. The molecule has 1 amide bonds. The summed E-state index contributed by atoms with van der Waals surface area (Å²) in [6.45, 7) is 3.07. The fraction of sp³-hybridized carbons (Fsp3) is 0.429. The third-order valence-corrected chi connectivity index (χ3v) is 4.07. The number of amides is 1. The van der Waals surface area contributed by atoms with Gasteiger partial charge in [-0.2, -0.15) is 0 Å². The van der Waals surface area contributed by atoms with Gasteiger partial charge in [-0.25, -0.2) is 8.42 Å². The van der Waals surface area contributed by atoms with Crippen LogP contribution in [0.5, 0.6) is 0 Å². The molecule has 0 radical (unpaired) electrons. The summed E-state index contributed by atoms with van der Waals surface area (Å²) in [6, 6.07) is 2.81. The Morgan fingerprint density at radius 1 is 1.29 bits per heavy atom. The zero-order valence-electron chi connectivity index (χ0n) is 13.4. The number of benzene rings is 1. The predicted molar refractivity (Wildman–Crippen MR) is 84.6 cm³/mol. The maximum absolute atomic E-state index is 12.5. The summed E-state index contributed by atoms with van der Waals surface area (Å²) in [5.41, 5.74) is -0.798. The Hall–Kier alpha value is -2.49. The summed E-state index contributed by atoms with van der Waals surface area (Å²) < 4.78 is 23.3. The van der Waals surface area contributed by atoms with Crippen LogP contribution in [0.3, 0.4) is 0 Å². The van der Waals surface area contributed by atoms with Crippen LogP contribution in [0, 0.1) is 16.0 Å². The molecule has 132 valence electrons. The minimum absolute atomic E-state index is 0.0404. The average Bonchev–Trinajstić information content (AvgIpc) is 2.43. The van der Waals surface area contributed by atoms with E-state index in [1.54, 1.807) is 13.8 Å². The van der Waals surface area contributed by atoms with Crippen LogP contribution in [0.15, 0.2) is 23.1 Å². The van der Waals surface area contributed by atoms with Crippen LogP contribution in [0.4, 0.5) is 5.69 Å². The van der Waals surface area contributed by atoms with Crippen molar-refractivity contribution in [3.8, 4) is 0 Å². The van der Waals surface area contributed by atoms with E-state index in [9.17, 15) is 28.1 Å². The Balaban J connectivity index is 3.40. The zero-order valence-corrected chi connectivity index (χ0v) is 14.2. The number of carbonyl (C=O) groups is 2. The molecule has 10 heteroatoms. The van der Waals surface area contributed by atoms with Gasteiger partial charge in [0.1, 0.15) is 6.54 Å². The van der Waals surface area contributed by atoms with Crippen LogP contribution < -0.4 is 0 Å². The number of nitro benzene ring substituents is 1. The first-order valence-corrected chi connectivity index (χ1v) is 8.81. The Morgan fingerprint density at radius 2 is 1.88 bits per heavy atom. The van der Waals surface area contributed by atoms with Gasteiger partial charge in [0.2, 0.25) is 0 Å². The van der Waals surface area contributed by atoms with Crippen LogP contribution >= 0.6 is 0 Å². The first kappa shape index (κ1) is 19.6. The van der Waals surface area contributed by atoms with Gasteiger partial charge in [0.25, 0.3) is 11.6 Å². The molecule has 0 aliphatic carbocycles. The van der Waals surface area contributed by atoms with Crippen molar-refractivity contribution in [2.45, 2.75) is 18.7 Å². The zero-order chi connectivity index (χ0) is 18.7. The van der Waals surface area contributed by atoms with E-state index in [4.69, 9.17) is 5.11 Å². The summed E-state index contributed by atoms with van der Waals surface area (Å²) in [6.07, 6.45) is 0.865. The van der Waals surface area contributed by atoms with Crippen LogP contribution in [-0.4, -0.2) is 54.6 Å². The molecular formula is C14H18N2O7S. The minimum atomic E-state index is -3.78. The lowest BCUT2D eigenvalue weighted by Crippen LogP contribution is -2.38. The molecule has 0 heterocycles. The molecular weight excluding hydrogens is 340 g/mol. The van der Waals surface area contributed by atoms with Gasteiger partial charge in [-0.3, -0.25) is 19.7 Å². The predicted octanol–water partition coefficient (Wildman–Crippen LogP) is 1.18. The van der Waals surface area contributed by atoms with E-state index in [2.05, 4.69) is 0 Å². The Bertz CT molecular complexity index is 771. The molecule has 0 bridgehead atoms. The van der Waals surface area contributed by atoms with Crippen LogP contribution in [0.2, 0.25) is 0 Å². The lowest BCUT2D eigenvalue weighted by molar-refractivity contribution is -0.385. The monoisotopic (exact) mass is 358 g/mol. The molecule has 24 heavy (non-hydrogen) atoms. The molecule has 0 spiro atoms. The number of carbonyl (C=O) groups excluding carboxylic acids is 1. The molecule has 0 saturated carbocycles. The molecule has 9 nitrogen and oxygen atoms in total. The van der Waals surface area contributed by atoms with Crippen molar-refractivity contribution in [2.75, 3.05) is 19.3 Å². The number of nitro groups is 1. The third kappa shape index (κ3) is 5.30. The fourth-order valence-corrected chi connectivity index (χ4v) is 2.71. The molecule has 0 aromatic heterocycles. The number of sulfone groups is 1. The van der Waals surface area contributed by atoms with Crippen molar-refractivity contribution in [1.82, 2.24) is 4.90 Å². The molecule has 0 aliphatic rings. The van der Waals surface area contributed by atoms with Gasteiger partial charge in [0.05, 0.1) is 9.82 Å². The van der Waals surface area contributed by atoms with E-state index >= 15 is 0 Å². The van der Waals surface area contributed by atoms with Crippen molar-refractivity contribution in [2.24, 2.45) is 5.92 Å². The second-order valence-corrected chi connectivity index (χ2v) is 7.73. The molecule has 1 N–H and O–H groups in total. The molecule has 0 aliphatic heterocycles. The SMILES string of the molecule is CC(C)CN(CC(=O)O)C(=O)c1cc([N+](=O)[O-])cc(S(C)(=O)=O)c1. The number of nitrogens with zero attached hydrogens (tertiary/aromatic N) is 2. The summed E-state index contributed by atoms with van der Waals surface area (Å²) >= 11 is 0. The Kier molecular flexibility index (Phi) is 6.02. The van der Waals surface area contributed by atoms with Gasteiger partial charge in [-0.1, -0.05) is 13.8 Å². The van der Waals surface area contributed by atoms with E-state index in [0.29, 0.717) is 0 Å². The highest BCUT2D eigenvalue weighted by atomic mass is 32.2. The maximum Gasteiger partial charge on any atom is 0.323 e. The normalized spacial score (nSPS) is 11.3. The molecule has 0 saturated heterocycles. The van der Waals surface area contributed by atoms with Gasteiger partial charge >= 0.3 is 5.97 Å². The largest absolute Gasteiger partial charge is 0.480 e. The van der Waals surface area contributed by atoms with Gasteiger partial charge in [0.15, 0.2) is 9.84 Å². The van der Waals surface area contributed by atoms with Gasteiger partial charge in [-0.15, -0.1) is 0 Å². The standard InChI is InChI=1S/C14H18N2O7S/c1-9(2)7-15(8-13(17)18)14(19)10-4-11(16(20)21)6-12(5-10)24(3,22)23/h4-6,9H,7-8H2,1-3H3,(H,17,18). The van der Waals surface area contributed by atoms with Crippen molar-refractivity contribution >= 4 is 27.4 Å². The number of aliphatic carboxylic acids is 1. The summed E-state index contributed by atoms with van der Waals surface area (Å²) in [5.74, 6) is -2.06. The van der Waals surface area contributed by atoms with E-state index in [0.717, 1.165) is 29.4 Å². The summed E-state index contributed by atoms with van der Waals surface area (Å²) in [7, 11) is -3.78.